The summed E-state index contributed by atoms with van der Waals surface area (Å²) in [6, 6.07) is 3.31. The summed E-state index contributed by atoms with van der Waals surface area (Å²) in [6.07, 6.45) is 2.50. The first kappa shape index (κ1) is 11.9. The second-order valence-corrected chi connectivity index (χ2v) is 4.54. The van der Waals surface area contributed by atoms with Crippen molar-refractivity contribution >= 4 is 11.7 Å². The van der Waals surface area contributed by atoms with E-state index in [0.717, 1.165) is 18.7 Å². The molecule has 92 valence electrons. The number of aromatic nitrogens is 1. The number of carbonyl (C=O) groups is 1. The van der Waals surface area contributed by atoms with Gasteiger partial charge in [-0.1, -0.05) is 0 Å². The van der Waals surface area contributed by atoms with Crippen molar-refractivity contribution in [1.82, 2.24) is 4.98 Å². The Morgan fingerprint density at radius 2 is 2.47 bits per heavy atom. The molecule has 0 bridgehead atoms. The van der Waals surface area contributed by atoms with E-state index in [0.29, 0.717) is 0 Å². The Labute approximate surface area is 99.8 Å². The molecule has 2 heterocycles. The van der Waals surface area contributed by atoms with E-state index < -0.39 is 5.97 Å². The number of carboxylic acid groups (broad SMARTS) is 1. The lowest BCUT2D eigenvalue weighted by Crippen LogP contribution is -2.41. The van der Waals surface area contributed by atoms with Crippen LogP contribution in [0.1, 0.15) is 30.8 Å². The van der Waals surface area contributed by atoms with Crippen molar-refractivity contribution in [3.63, 3.8) is 0 Å². The normalized spacial score (nSPS) is 28.0. The van der Waals surface area contributed by atoms with Gasteiger partial charge < -0.3 is 15.2 Å². The number of aromatic carboxylic acids is 1. The third-order valence-corrected chi connectivity index (χ3v) is 3.30. The second kappa shape index (κ2) is 4.33. The van der Waals surface area contributed by atoms with E-state index in [4.69, 9.17) is 9.84 Å². The van der Waals surface area contributed by atoms with Crippen molar-refractivity contribution < 1.29 is 14.6 Å². The van der Waals surface area contributed by atoms with Crippen molar-refractivity contribution in [3.05, 3.63) is 24.0 Å². The molecule has 1 aliphatic rings. The van der Waals surface area contributed by atoms with Gasteiger partial charge in [-0.05, 0) is 32.4 Å². The summed E-state index contributed by atoms with van der Waals surface area (Å²) in [5.41, 5.74) is 0.652. The maximum Gasteiger partial charge on any atom is 0.354 e. The van der Waals surface area contributed by atoms with Crippen molar-refractivity contribution in [2.24, 2.45) is 0 Å². The molecule has 0 aromatic carbocycles. The van der Waals surface area contributed by atoms with Gasteiger partial charge in [-0.2, -0.15) is 0 Å². The molecular weight excluding hydrogens is 220 g/mol. The van der Waals surface area contributed by atoms with Crippen LogP contribution in [0.15, 0.2) is 18.3 Å². The first-order valence-electron chi connectivity index (χ1n) is 5.60. The van der Waals surface area contributed by atoms with E-state index in [1.165, 1.54) is 6.20 Å². The zero-order valence-electron chi connectivity index (χ0n) is 9.93. The Balaban J connectivity index is 2.18. The highest BCUT2D eigenvalue weighted by Crippen LogP contribution is 2.29. The van der Waals surface area contributed by atoms with E-state index in [9.17, 15) is 4.79 Å². The summed E-state index contributed by atoms with van der Waals surface area (Å²) < 4.78 is 5.52. The zero-order chi connectivity index (χ0) is 12.5. The molecule has 2 N–H and O–H groups in total. The van der Waals surface area contributed by atoms with Crippen LogP contribution in [-0.4, -0.2) is 34.3 Å². The van der Waals surface area contributed by atoms with E-state index >= 15 is 0 Å². The first-order valence-corrected chi connectivity index (χ1v) is 5.60. The third kappa shape index (κ3) is 2.39. The molecule has 2 atom stereocenters. The number of nitrogens with zero attached hydrogens (tertiary/aromatic N) is 1. The lowest BCUT2D eigenvalue weighted by atomic mass is 9.94. The SMILES string of the molecule is CC1OCCC1(C)Nc1ccnc(C(=O)O)c1. The van der Waals surface area contributed by atoms with Gasteiger partial charge >= 0.3 is 5.97 Å². The molecule has 1 fully saturated rings. The predicted molar refractivity (Wildman–Crippen MR) is 63.3 cm³/mol. The van der Waals surface area contributed by atoms with Gasteiger partial charge in [0.1, 0.15) is 5.69 Å². The molecule has 2 rings (SSSR count). The van der Waals surface area contributed by atoms with Crippen molar-refractivity contribution in [3.8, 4) is 0 Å². The maximum absolute atomic E-state index is 10.8. The molecule has 2 unspecified atom stereocenters. The topological polar surface area (TPSA) is 71.5 Å². The highest BCUT2D eigenvalue weighted by Gasteiger charge is 2.36. The molecule has 0 saturated carbocycles. The summed E-state index contributed by atoms with van der Waals surface area (Å²) in [7, 11) is 0. The monoisotopic (exact) mass is 236 g/mol. The molecule has 1 aromatic rings. The minimum Gasteiger partial charge on any atom is -0.477 e. The standard InChI is InChI=1S/C12H16N2O3/c1-8-12(2,4-6-17-8)14-9-3-5-13-10(7-9)11(15)16/h3,5,7-8H,4,6H2,1-2H3,(H,13,14)(H,15,16). The van der Waals surface area contributed by atoms with E-state index in [-0.39, 0.29) is 17.3 Å². The number of hydrogen-bond donors (Lipinski definition) is 2. The molecule has 0 aliphatic carbocycles. The minimum absolute atomic E-state index is 0.0465. The van der Waals surface area contributed by atoms with Gasteiger partial charge in [0, 0.05) is 18.5 Å². The summed E-state index contributed by atoms with van der Waals surface area (Å²) in [5.74, 6) is -1.02. The number of ether oxygens (including phenoxy) is 1. The lowest BCUT2D eigenvalue weighted by molar-refractivity contribution is 0.0690. The Hall–Kier alpha value is -1.62. The van der Waals surface area contributed by atoms with Gasteiger partial charge in [0.05, 0.1) is 11.6 Å². The van der Waals surface area contributed by atoms with Gasteiger partial charge in [-0.15, -0.1) is 0 Å². The van der Waals surface area contributed by atoms with Crippen LogP contribution in [0.2, 0.25) is 0 Å². The van der Waals surface area contributed by atoms with Crippen LogP contribution in [0.3, 0.4) is 0 Å². The van der Waals surface area contributed by atoms with Crippen molar-refractivity contribution in [2.75, 3.05) is 11.9 Å². The smallest absolute Gasteiger partial charge is 0.354 e. The van der Waals surface area contributed by atoms with Crippen LogP contribution in [0.25, 0.3) is 0 Å². The fourth-order valence-electron chi connectivity index (χ4n) is 1.95. The highest BCUT2D eigenvalue weighted by atomic mass is 16.5. The third-order valence-electron chi connectivity index (χ3n) is 3.30. The average molecular weight is 236 g/mol. The molecule has 0 spiro atoms. The van der Waals surface area contributed by atoms with Crippen molar-refractivity contribution in [1.29, 1.82) is 0 Å². The van der Waals surface area contributed by atoms with Crippen LogP contribution < -0.4 is 5.32 Å². The largest absolute Gasteiger partial charge is 0.477 e. The predicted octanol–water partition coefficient (Wildman–Crippen LogP) is 1.76. The average Bonchev–Trinajstić information content (AvgIpc) is 2.59. The second-order valence-electron chi connectivity index (χ2n) is 4.54. The molecule has 1 saturated heterocycles. The Kier molecular flexibility index (Phi) is 3.02. The summed E-state index contributed by atoms with van der Waals surface area (Å²) in [4.78, 5) is 14.6. The Morgan fingerprint density at radius 1 is 1.71 bits per heavy atom. The zero-order valence-corrected chi connectivity index (χ0v) is 9.93. The van der Waals surface area contributed by atoms with Gasteiger partial charge in [0.15, 0.2) is 0 Å². The number of nitrogens with one attached hydrogen (secondary N) is 1. The molecule has 17 heavy (non-hydrogen) atoms. The molecule has 0 amide bonds. The van der Waals surface area contributed by atoms with Crippen molar-refractivity contribution in [2.45, 2.75) is 31.9 Å². The molecular formula is C12H16N2O3. The first-order chi connectivity index (χ1) is 8.01. The van der Waals surface area contributed by atoms with Crippen LogP contribution >= 0.6 is 0 Å². The van der Waals surface area contributed by atoms with Crippen LogP contribution in [0.5, 0.6) is 0 Å². The maximum atomic E-state index is 10.8. The number of hydrogen-bond acceptors (Lipinski definition) is 4. The summed E-state index contributed by atoms with van der Waals surface area (Å²) in [5, 5.41) is 12.2. The van der Waals surface area contributed by atoms with E-state index in [1.807, 2.05) is 6.92 Å². The lowest BCUT2D eigenvalue weighted by Gasteiger charge is -2.30. The quantitative estimate of drug-likeness (QED) is 0.836. The summed E-state index contributed by atoms with van der Waals surface area (Å²) in [6.45, 7) is 4.81. The molecule has 5 nitrogen and oxygen atoms in total. The van der Waals surface area contributed by atoms with Crippen LogP contribution in [-0.2, 0) is 4.74 Å². The number of anilines is 1. The fourth-order valence-corrected chi connectivity index (χ4v) is 1.95. The van der Waals surface area contributed by atoms with E-state index in [1.54, 1.807) is 12.1 Å². The summed E-state index contributed by atoms with van der Waals surface area (Å²) >= 11 is 0. The van der Waals surface area contributed by atoms with Gasteiger partial charge in [0.2, 0.25) is 0 Å². The number of pyridine rings is 1. The number of carboxylic acids is 1. The Morgan fingerprint density at radius 3 is 3.06 bits per heavy atom. The fraction of sp³-hybridized carbons (Fsp3) is 0.500. The van der Waals surface area contributed by atoms with Gasteiger partial charge in [-0.3, -0.25) is 0 Å². The van der Waals surface area contributed by atoms with Gasteiger partial charge in [-0.25, -0.2) is 9.78 Å². The minimum atomic E-state index is -1.02. The van der Waals surface area contributed by atoms with Crippen LogP contribution in [0, 0.1) is 0 Å². The Bertz CT molecular complexity index is 436. The van der Waals surface area contributed by atoms with Gasteiger partial charge in [0.25, 0.3) is 0 Å². The van der Waals surface area contributed by atoms with Crippen LogP contribution in [0.4, 0.5) is 5.69 Å². The molecule has 1 aromatic heterocycles. The molecule has 5 heteroatoms. The number of rotatable bonds is 3. The van der Waals surface area contributed by atoms with E-state index in [2.05, 4.69) is 17.2 Å². The molecule has 0 radical (unpaired) electrons. The highest BCUT2D eigenvalue weighted by molar-refractivity contribution is 5.86. The molecule has 1 aliphatic heterocycles.